The Labute approximate surface area is 175 Å². The summed E-state index contributed by atoms with van der Waals surface area (Å²) < 4.78 is 41.1. The maximum absolute atomic E-state index is 14.0. The molecule has 1 heterocycles. The maximum atomic E-state index is 14.0. The van der Waals surface area contributed by atoms with Gasteiger partial charge in [-0.25, -0.2) is 12.8 Å². The van der Waals surface area contributed by atoms with Gasteiger partial charge in [0.25, 0.3) is 0 Å². The minimum Gasteiger partial charge on any atom is -0.323 e. The van der Waals surface area contributed by atoms with Crippen LogP contribution < -0.4 is 5.32 Å². The number of anilines is 1. The number of rotatable bonds is 5. The SMILES string of the molecule is CC(C)c1ccc(S(=O)(=O)N2CCC(C(=O)Nc3cccc(Cl)c3F)CC2)cc1. The lowest BCUT2D eigenvalue weighted by atomic mass is 9.97. The number of hydrogen-bond acceptors (Lipinski definition) is 3. The highest BCUT2D eigenvalue weighted by molar-refractivity contribution is 7.89. The van der Waals surface area contributed by atoms with Crippen molar-refractivity contribution >= 4 is 33.2 Å². The molecular formula is C21H24ClFN2O3S. The van der Waals surface area contributed by atoms with Crippen molar-refractivity contribution in [2.24, 2.45) is 5.92 Å². The van der Waals surface area contributed by atoms with Gasteiger partial charge in [-0.3, -0.25) is 4.79 Å². The average Bonchev–Trinajstić information content (AvgIpc) is 2.71. The lowest BCUT2D eigenvalue weighted by Crippen LogP contribution is -2.41. The molecule has 0 atom stereocenters. The van der Waals surface area contributed by atoms with Crippen LogP contribution in [0, 0.1) is 11.7 Å². The van der Waals surface area contributed by atoms with Gasteiger partial charge in [0.1, 0.15) is 0 Å². The Morgan fingerprint density at radius 1 is 1.14 bits per heavy atom. The van der Waals surface area contributed by atoms with Gasteiger partial charge >= 0.3 is 0 Å². The highest BCUT2D eigenvalue weighted by Gasteiger charge is 2.32. The van der Waals surface area contributed by atoms with E-state index >= 15 is 0 Å². The number of nitrogens with one attached hydrogen (secondary N) is 1. The molecule has 1 saturated heterocycles. The van der Waals surface area contributed by atoms with Crippen LogP contribution >= 0.6 is 11.6 Å². The first-order valence-electron chi connectivity index (χ1n) is 9.55. The van der Waals surface area contributed by atoms with E-state index in [-0.39, 0.29) is 40.5 Å². The third-order valence-electron chi connectivity index (χ3n) is 5.22. The van der Waals surface area contributed by atoms with Gasteiger partial charge in [-0.15, -0.1) is 0 Å². The molecule has 5 nitrogen and oxygen atoms in total. The van der Waals surface area contributed by atoms with Gasteiger partial charge in [-0.1, -0.05) is 43.6 Å². The number of carbonyl (C=O) groups excluding carboxylic acids is 1. The van der Waals surface area contributed by atoms with E-state index in [0.29, 0.717) is 18.8 Å². The second-order valence-corrected chi connectivity index (χ2v) is 9.84. The predicted octanol–water partition coefficient (Wildman–Crippen LogP) is 4.64. The summed E-state index contributed by atoms with van der Waals surface area (Å²) in [4.78, 5) is 12.7. The molecule has 0 spiro atoms. The first-order chi connectivity index (χ1) is 13.7. The number of amides is 1. The zero-order chi connectivity index (χ0) is 21.2. The number of benzene rings is 2. The molecular weight excluding hydrogens is 415 g/mol. The molecule has 3 rings (SSSR count). The van der Waals surface area contributed by atoms with E-state index in [4.69, 9.17) is 11.6 Å². The summed E-state index contributed by atoms with van der Waals surface area (Å²) in [7, 11) is -3.60. The molecule has 0 aliphatic carbocycles. The molecule has 29 heavy (non-hydrogen) atoms. The van der Waals surface area contributed by atoms with Crippen LogP contribution in [0.1, 0.15) is 38.2 Å². The standard InChI is InChI=1S/C21H24ClFN2O3S/c1-14(2)15-6-8-17(9-7-15)29(27,28)25-12-10-16(11-13-25)21(26)24-19-5-3-4-18(22)20(19)23/h3-9,14,16H,10-13H2,1-2H3,(H,24,26). The zero-order valence-corrected chi connectivity index (χ0v) is 17.9. The molecule has 8 heteroatoms. The predicted molar refractivity (Wildman–Crippen MR) is 112 cm³/mol. The Hall–Kier alpha value is -1.96. The maximum Gasteiger partial charge on any atom is 0.243 e. The third-order valence-corrected chi connectivity index (χ3v) is 7.42. The van der Waals surface area contributed by atoms with Crippen molar-refractivity contribution in [3.05, 3.63) is 58.9 Å². The van der Waals surface area contributed by atoms with E-state index in [1.807, 2.05) is 12.1 Å². The van der Waals surface area contributed by atoms with Crippen molar-refractivity contribution in [2.75, 3.05) is 18.4 Å². The van der Waals surface area contributed by atoms with Gasteiger partial charge in [0.2, 0.25) is 15.9 Å². The lowest BCUT2D eigenvalue weighted by molar-refractivity contribution is -0.120. The summed E-state index contributed by atoms with van der Waals surface area (Å²) in [5.74, 6) is -1.06. The Morgan fingerprint density at radius 3 is 2.34 bits per heavy atom. The van der Waals surface area contributed by atoms with E-state index < -0.39 is 15.8 Å². The second-order valence-electron chi connectivity index (χ2n) is 7.49. The van der Waals surface area contributed by atoms with Crippen LogP contribution in [0.15, 0.2) is 47.4 Å². The second kappa shape index (κ2) is 8.81. The van der Waals surface area contributed by atoms with Gasteiger partial charge in [-0.05, 0) is 48.6 Å². The fourth-order valence-corrected chi connectivity index (χ4v) is 5.01. The van der Waals surface area contributed by atoms with Crippen molar-refractivity contribution in [3.63, 3.8) is 0 Å². The van der Waals surface area contributed by atoms with Gasteiger partial charge in [-0.2, -0.15) is 4.31 Å². The molecule has 0 radical (unpaired) electrons. The lowest BCUT2D eigenvalue weighted by Gasteiger charge is -2.30. The van der Waals surface area contributed by atoms with Gasteiger partial charge in [0.15, 0.2) is 5.82 Å². The van der Waals surface area contributed by atoms with Crippen LogP contribution in [-0.2, 0) is 14.8 Å². The molecule has 0 aromatic heterocycles. The molecule has 0 unspecified atom stereocenters. The Balaban J connectivity index is 1.63. The van der Waals surface area contributed by atoms with Crippen LogP contribution in [0.25, 0.3) is 0 Å². The van der Waals surface area contributed by atoms with Crippen LogP contribution in [0.5, 0.6) is 0 Å². The molecule has 1 aliphatic rings. The number of piperidine rings is 1. The van der Waals surface area contributed by atoms with E-state index in [1.54, 1.807) is 18.2 Å². The smallest absolute Gasteiger partial charge is 0.243 e. The van der Waals surface area contributed by atoms with Gasteiger partial charge in [0, 0.05) is 19.0 Å². The molecule has 0 bridgehead atoms. The van der Waals surface area contributed by atoms with Crippen molar-refractivity contribution < 1.29 is 17.6 Å². The molecule has 0 saturated carbocycles. The molecule has 1 amide bonds. The minimum absolute atomic E-state index is 0.0304. The van der Waals surface area contributed by atoms with E-state index in [1.165, 1.54) is 16.4 Å². The highest BCUT2D eigenvalue weighted by Crippen LogP contribution is 2.27. The van der Waals surface area contributed by atoms with E-state index in [0.717, 1.165) is 5.56 Å². The Morgan fingerprint density at radius 2 is 1.76 bits per heavy atom. The molecule has 2 aromatic rings. The summed E-state index contributed by atoms with van der Waals surface area (Å²) in [6.45, 7) is 4.58. The van der Waals surface area contributed by atoms with Gasteiger partial charge in [0.05, 0.1) is 15.6 Å². The van der Waals surface area contributed by atoms with Crippen molar-refractivity contribution in [1.82, 2.24) is 4.31 Å². The number of sulfonamides is 1. The molecule has 2 aromatic carbocycles. The quantitative estimate of drug-likeness (QED) is 0.739. The molecule has 156 valence electrons. The molecule has 1 fully saturated rings. The Bertz CT molecular complexity index is 985. The fraction of sp³-hybridized carbons (Fsp3) is 0.381. The minimum atomic E-state index is -3.60. The van der Waals surface area contributed by atoms with Crippen molar-refractivity contribution in [1.29, 1.82) is 0 Å². The topological polar surface area (TPSA) is 66.5 Å². The first-order valence-corrected chi connectivity index (χ1v) is 11.4. The van der Waals surface area contributed by atoms with Crippen LogP contribution in [0.4, 0.5) is 10.1 Å². The first kappa shape index (κ1) is 21.7. The highest BCUT2D eigenvalue weighted by atomic mass is 35.5. The van der Waals surface area contributed by atoms with Crippen LogP contribution in [0.2, 0.25) is 5.02 Å². The number of carbonyl (C=O) groups is 1. The Kier molecular flexibility index (Phi) is 6.61. The summed E-state index contributed by atoms with van der Waals surface area (Å²) in [6, 6.07) is 11.3. The van der Waals surface area contributed by atoms with E-state index in [9.17, 15) is 17.6 Å². The van der Waals surface area contributed by atoms with Crippen LogP contribution in [0.3, 0.4) is 0 Å². The molecule has 1 N–H and O–H groups in total. The van der Waals surface area contributed by atoms with Crippen molar-refractivity contribution in [3.8, 4) is 0 Å². The fourth-order valence-electron chi connectivity index (χ4n) is 3.37. The van der Waals surface area contributed by atoms with E-state index in [2.05, 4.69) is 19.2 Å². The number of halogens is 2. The summed E-state index contributed by atoms with van der Waals surface area (Å²) in [5, 5.41) is 2.49. The van der Waals surface area contributed by atoms with Crippen LogP contribution in [-0.4, -0.2) is 31.7 Å². The summed E-state index contributed by atoms with van der Waals surface area (Å²) in [5.41, 5.74) is 1.11. The molecule has 1 aliphatic heterocycles. The average molecular weight is 439 g/mol. The third kappa shape index (κ3) is 4.79. The number of hydrogen-bond donors (Lipinski definition) is 1. The summed E-state index contributed by atoms with van der Waals surface area (Å²) >= 11 is 5.74. The van der Waals surface area contributed by atoms with Gasteiger partial charge < -0.3 is 5.32 Å². The number of nitrogens with zero attached hydrogens (tertiary/aromatic N) is 1. The van der Waals surface area contributed by atoms with Crippen molar-refractivity contribution in [2.45, 2.75) is 37.5 Å². The normalized spacial score (nSPS) is 16.2. The zero-order valence-electron chi connectivity index (χ0n) is 16.4. The summed E-state index contributed by atoms with van der Waals surface area (Å²) in [6.07, 6.45) is 0.745. The monoisotopic (exact) mass is 438 g/mol. The largest absolute Gasteiger partial charge is 0.323 e.